The largest absolute Gasteiger partial charge is 0.368 e. The summed E-state index contributed by atoms with van der Waals surface area (Å²) in [4.78, 5) is 4.02. The molecule has 3 rings (SSSR count). The van der Waals surface area contributed by atoms with Crippen LogP contribution >= 0.6 is 0 Å². The summed E-state index contributed by atoms with van der Waals surface area (Å²) in [5.41, 5.74) is 7.63. The van der Waals surface area contributed by atoms with Crippen LogP contribution in [-0.4, -0.2) is 25.7 Å². The highest BCUT2D eigenvalue weighted by molar-refractivity contribution is 5.88. The third-order valence-corrected chi connectivity index (χ3v) is 3.02. The smallest absolute Gasteiger partial charge is 0.221 e. The van der Waals surface area contributed by atoms with Gasteiger partial charge < -0.3 is 5.73 Å². The van der Waals surface area contributed by atoms with Gasteiger partial charge in [-0.3, -0.25) is 4.68 Å². The molecule has 0 saturated carbocycles. The summed E-state index contributed by atoms with van der Waals surface area (Å²) in [7, 11) is 1.80. The Balaban J connectivity index is 2.03. The summed E-state index contributed by atoms with van der Waals surface area (Å²) in [5, 5.41) is 8.95. The molecule has 1 aromatic carbocycles. The van der Waals surface area contributed by atoms with E-state index < -0.39 is 0 Å². The molecule has 0 radical (unpaired) electrons. The number of halogens is 1. The van der Waals surface area contributed by atoms with Crippen LogP contribution in [0.4, 0.5) is 10.3 Å². The van der Waals surface area contributed by atoms with Gasteiger partial charge in [-0.1, -0.05) is 0 Å². The van der Waals surface area contributed by atoms with Crippen LogP contribution in [0.15, 0.2) is 29.6 Å². The van der Waals surface area contributed by atoms with Gasteiger partial charge in [0.05, 0.1) is 29.8 Å². The molecule has 0 unspecified atom stereocenters. The van der Waals surface area contributed by atoms with Crippen LogP contribution in [0.1, 0.15) is 11.3 Å². The van der Waals surface area contributed by atoms with Gasteiger partial charge in [0.1, 0.15) is 5.82 Å². The maximum atomic E-state index is 14.0. The van der Waals surface area contributed by atoms with E-state index >= 15 is 0 Å². The minimum Gasteiger partial charge on any atom is -0.368 e. The van der Waals surface area contributed by atoms with Crippen LogP contribution in [0.25, 0.3) is 10.9 Å². The molecule has 0 atom stereocenters. The number of fused-ring (bicyclic) bond motifs is 1. The number of rotatable bonds is 2. The Morgan fingerprint density at radius 2 is 2.20 bits per heavy atom. The molecule has 0 aliphatic rings. The van der Waals surface area contributed by atoms with Gasteiger partial charge in [-0.2, -0.15) is 10.2 Å². The first kappa shape index (κ1) is 12.3. The summed E-state index contributed by atoms with van der Waals surface area (Å²) in [6.07, 6.45) is 4.71. The van der Waals surface area contributed by atoms with Crippen LogP contribution in [-0.2, 0) is 7.05 Å². The van der Waals surface area contributed by atoms with Crippen molar-refractivity contribution >= 4 is 23.1 Å². The molecule has 2 heterocycles. The average molecular weight is 272 g/mol. The van der Waals surface area contributed by atoms with E-state index in [2.05, 4.69) is 15.2 Å². The number of nitrogens with two attached hydrogens (primary N) is 1. The molecule has 6 nitrogen and oxygen atoms in total. The first-order chi connectivity index (χ1) is 9.54. The van der Waals surface area contributed by atoms with Crippen LogP contribution in [0.3, 0.4) is 0 Å². The minimum absolute atomic E-state index is 0.265. The van der Waals surface area contributed by atoms with E-state index in [0.29, 0.717) is 5.56 Å². The van der Waals surface area contributed by atoms with Gasteiger partial charge in [0.2, 0.25) is 5.95 Å². The fraction of sp³-hybridized carbons (Fsp3) is 0.154. The first-order valence-electron chi connectivity index (χ1n) is 6.01. The lowest BCUT2D eigenvalue weighted by molar-refractivity contribution is 0.627. The van der Waals surface area contributed by atoms with E-state index in [1.807, 2.05) is 6.92 Å². The standard InChI is InChI=1S/C13H13FN6/c1-8-7-20(13(15)18-8)17-5-9-4-12-10(3-11(9)14)6-16-19(12)2/h3-7H,1-2H3,(H2,15,18). The van der Waals surface area contributed by atoms with E-state index in [9.17, 15) is 4.39 Å². The highest BCUT2D eigenvalue weighted by Crippen LogP contribution is 2.17. The average Bonchev–Trinajstić information content (AvgIpc) is 2.90. The number of hydrogen-bond donors (Lipinski definition) is 1. The van der Waals surface area contributed by atoms with Gasteiger partial charge in [0.15, 0.2) is 0 Å². The summed E-state index contributed by atoms with van der Waals surface area (Å²) in [6, 6.07) is 3.13. The van der Waals surface area contributed by atoms with Crippen molar-refractivity contribution in [2.24, 2.45) is 12.1 Å². The topological polar surface area (TPSA) is 74.0 Å². The van der Waals surface area contributed by atoms with Crippen molar-refractivity contribution in [3.8, 4) is 0 Å². The molecule has 0 aliphatic carbocycles. The molecule has 3 aromatic rings. The van der Waals surface area contributed by atoms with Crippen LogP contribution in [0.2, 0.25) is 0 Å². The van der Waals surface area contributed by atoms with Crippen molar-refractivity contribution in [2.75, 3.05) is 5.73 Å². The van der Waals surface area contributed by atoms with E-state index in [1.165, 1.54) is 17.0 Å². The SMILES string of the molecule is Cc1cn(N=Cc2cc3c(cnn3C)cc2F)c(N)n1. The zero-order valence-corrected chi connectivity index (χ0v) is 11.1. The lowest BCUT2D eigenvalue weighted by atomic mass is 10.1. The Hall–Kier alpha value is -2.70. The molecule has 7 heteroatoms. The highest BCUT2D eigenvalue weighted by Gasteiger charge is 2.06. The van der Waals surface area contributed by atoms with Crippen molar-refractivity contribution in [3.05, 3.63) is 41.6 Å². The van der Waals surface area contributed by atoms with Crippen molar-refractivity contribution < 1.29 is 4.39 Å². The Kier molecular flexibility index (Phi) is 2.74. The predicted molar refractivity (Wildman–Crippen MR) is 75.0 cm³/mol. The summed E-state index contributed by atoms with van der Waals surface area (Å²) in [6.45, 7) is 1.81. The fourth-order valence-electron chi connectivity index (χ4n) is 2.01. The number of benzene rings is 1. The third-order valence-electron chi connectivity index (χ3n) is 3.02. The fourth-order valence-corrected chi connectivity index (χ4v) is 2.01. The summed E-state index contributed by atoms with van der Waals surface area (Å²) >= 11 is 0. The molecule has 0 fully saturated rings. The monoisotopic (exact) mass is 272 g/mol. The predicted octanol–water partition coefficient (Wildman–Crippen LogP) is 1.68. The molecule has 2 aromatic heterocycles. The van der Waals surface area contributed by atoms with Gasteiger partial charge in [0, 0.05) is 18.0 Å². The first-order valence-corrected chi connectivity index (χ1v) is 6.01. The Morgan fingerprint density at radius 3 is 2.90 bits per heavy atom. The van der Waals surface area contributed by atoms with Gasteiger partial charge in [-0.15, -0.1) is 0 Å². The van der Waals surface area contributed by atoms with Gasteiger partial charge in [-0.25, -0.2) is 14.1 Å². The molecule has 102 valence electrons. The van der Waals surface area contributed by atoms with E-state index in [4.69, 9.17) is 5.73 Å². The molecular weight excluding hydrogens is 259 g/mol. The van der Waals surface area contributed by atoms with Gasteiger partial charge in [0.25, 0.3) is 0 Å². The zero-order valence-electron chi connectivity index (χ0n) is 11.1. The van der Waals surface area contributed by atoms with Crippen molar-refractivity contribution in [2.45, 2.75) is 6.92 Å². The highest BCUT2D eigenvalue weighted by atomic mass is 19.1. The summed E-state index contributed by atoms with van der Waals surface area (Å²) in [5.74, 6) is -0.0922. The van der Waals surface area contributed by atoms with Crippen molar-refractivity contribution in [1.29, 1.82) is 0 Å². The van der Waals surface area contributed by atoms with Gasteiger partial charge in [-0.05, 0) is 19.1 Å². The molecule has 0 bridgehead atoms. The molecule has 0 saturated heterocycles. The number of hydrogen-bond acceptors (Lipinski definition) is 4. The molecule has 2 N–H and O–H groups in total. The molecule has 0 amide bonds. The van der Waals surface area contributed by atoms with E-state index in [1.54, 1.807) is 30.2 Å². The van der Waals surface area contributed by atoms with Crippen LogP contribution in [0, 0.1) is 12.7 Å². The molecule has 0 aliphatic heterocycles. The molecule has 0 spiro atoms. The normalized spacial score (nSPS) is 11.8. The van der Waals surface area contributed by atoms with E-state index in [-0.39, 0.29) is 11.8 Å². The van der Waals surface area contributed by atoms with Gasteiger partial charge >= 0.3 is 0 Å². The number of nitrogen functional groups attached to an aromatic ring is 1. The Labute approximate surface area is 114 Å². The van der Waals surface area contributed by atoms with Crippen LogP contribution < -0.4 is 5.73 Å². The minimum atomic E-state index is -0.357. The molecule has 20 heavy (non-hydrogen) atoms. The number of aryl methyl sites for hydroxylation is 2. The second-order valence-corrected chi connectivity index (χ2v) is 4.53. The second-order valence-electron chi connectivity index (χ2n) is 4.53. The zero-order chi connectivity index (χ0) is 14.3. The van der Waals surface area contributed by atoms with Crippen molar-refractivity contribution in [1.82, 2.24) is 19.4 Å². The maximum Gasteiger partial charge on any atom is 0.221 e. The second kappa shape index (κ2) is 4.44. The maximum absolute atomic E-state index is 14.0. The van der Waals surface area contributed by atoms with Crippen molar-refractivity contribution in [3.63, 3.8) is 0 Å². The quantitative estimate of drug-likeness (QED) is 0.721. The molecular formula is C13H13FN6. The Bertz CT molecular complexity index is 814. The number of aromatic nitrogens is 4. The van der Waals surface area contributed by atoms with E-state index in [0.717, 1.165) is 16.6 Å². The lowest BCUT2D eigenvalue weighted by Gasteiger charge is -2.00. The third kappa shape index (κ3) is 2.03. The number of imidazole rings is 1. The number of anilines is 1. The Morgan fingerprint density at radius 1 is 1.40 bits per heavy atom. The van der Waals surface area contributed by atoms with Crippen LogP contribution in [0.5, 0.6) is 0 Å². The number of nitrogens with zero attached hydrogens (tertiary/aromatic N) is 5. The lowest BCUT2D eigenvalue weighted by Crippen LogP contribution is -1.98. The summed E-state index contributed by atoms with van der Waals surface area (Å²) < 4.78 is 17.0.